The molecular weight excluding hydrogens is 516 g/mol. The number of anilines is 4. The molecule has 0 bridgehead atoms. The molecular formula is C31H32N8O2. The van der Waals surface area contributed by atoms with E-state index in [1.165, 1.54) is 6.08 Å². The fourth-order valence-electron chi connectivity index (χ4n) is 5.67. The Hall–Kier alpha value is -4.88. The molecule has 0 spiro atoms. The maximum atomic E-state index is 12.4. The second kappa shape index (κ2) is 10.6. The summed E-state index contributed by atoms with van der Waals surface area (Å²) in [6.07, 6.45) is 5.89. The number of carbonyl (C=O) groups is 1. The van der Waals surface area contributed by atoms with Gasteiger partial charge in [-0.25, -0.2) is 9.97 Å². The van der Waals surface area contributed by atoms with Gasteiger partial charge in [0.15, 0.2) is 0 Å². The van der Waals surface area contributed by atoms with Crippen LogP contribution < -0.4 is 20.3 Å². The van der Waals surface area contributed by atoms with E-state index in [4.69, 9.17) is 9.72 Å². The monoisotopic (exact) mass is 548 g/mol. The number of carbonyl (C=O) groups excluding carboxylic acids is 1. The number of hydrogen-bond donors (Lipinski definition) is 2. The van der Waals surface area contributed by atoms with Gasteiger partial charge in [0, 0.05) is 42.0 Å². The number of aromatic nitrogens is 3. The van der Waals surface area contributed by atoms with Gasteiger partial charge in [-0.2, -0.15) is 5.26 Å². The lowest BCUT2D eigenvalue weighted by atomic mass is 10.1. The molecule has 2 aliphatic heterocycles. The molecule has 4 aromatic rings. The summed E-state index contributed by atoms with van der Waals surface area (Å²) in [4.78, 5) is 26.2. The standard InChI is InChI=1S/C31H32N8O2/c1-5-28(40)34-25-14-24(19(2)13-26(25)38-10-9-21(17-38)37(3)4)35-31-33-16-20(15-32)29(36-31)23-18-39-11-12-41-27-8-6-7-22(23)30(27)39/h5-8,13-14,16,18,21H,1,9-12,17H2,2-4H3,(H,34,40)(H,33,35,36)/t21-/m1/s1. The zero-order valence-electron chi connectivity index (χ0n) is 23.4. The number of nitrogens with one attached hydrogen (secondary N) is 2. The molecule has 2 aromatic heterocycles. The van der Waals surface area contributed by atoms with Gasteiger partial charge in [-0.1, -0.05) is 18.7 Å². The van der Waals surface area contributed by atoms with Gasteiger partial charge in [0.1, 0.15) is 18.4 Å². The van der Waals surface area contributed by atoms with Gasteiger partial charge < -0.3 is 29.7 Å². The van der Waals surface area contributed by atoms with Crippen molar-refractivity contribution < 1.29 is 9.53 Å². The zero-order valence-corrected chi connectivity index (χ0v) is 23.4. The highest BCUT2D eigenvalue weighted by atomic mass is 16.5. The molecule has 0 aliphatic carbocycles. The average Bonchev–Trinajstić information content (AvgIpc) is 3.62. The van der Waals surface area contributed by atoms with E-state index in [1.807, 2.05) is 37.4 Å². The van der Waals surface area contributed by atoms with Crippen molar-refractivity contribution in [2.75, 3.05) is 49.3 Å². The number of rotatable bonds is 7. The minimum atomic E-state index is -0.279. The quantitative estimate of drug-likeness (QED) is 0.320. The van der Waals surface area contributed by atoms with Gasteiger partial charge in [-0.15, -0.1) is 0 Å². The van der Waals surface area contributed by atoms with Crippen LogP contribution in [0.5, 0.6) is 5.75 Å². The molecule has 2 N–H and O–H groups in total. The Balaban J connectivity index is 1.38. The van der Waals surface area contributed by atoms with Gasteiger partial charge in [0.05, 0.1) is 40.9 Å². The highest BCUT2D eigenvalue weighted by molar-refractivity contribution is 6.02. The van der Waals surface area contributed by atoms with Crippen molar-refractivity contribution >= 4 is 39.8 Å². The SMILES string of the molecule is C=CC(=O)Nc1cc(Nc2ncc(C#N)c(-c3cn4c5c(cccc35)OCC4)n2)c(C)cc1N1CC[C@@H](N(C)C)C1. The fraction of sp³-hybridized carbons (Fsp3) is 0.290. The number of para-hydroxylation sites is 1. The van der Waals surface area contributed by atoms with E-state index in [-0.39, 0.29) is 5.91 Å². The number of aryl methyl sites for hydroxylation is 1. The van der Waals surface area contributed by atoms with Gasteiger partial charge in [0.2, 0.25) is 11.9 Å². The smallest absolute Gasteiger partial charge is 0.247 e. The number of nitriles is 1. The molecule has 41 heavy (non-hydrogen) atoms. The molecule has 6 rings (SSSR count). The predicted octanol–water partition coefficient (Wildman–Crippen LogP) is 4.68. The third kappa shape index (κ3) is 4.85. The van der Waals surface area contributed by atoms with E-state index in [0.717, 1.165) is 65.2 Å². The fourth-order valence-corrected chi connectivity index (χ4v) is 5.67. The minimum Gasteiger partial charge on any atom is -0.490 e. The van der Waals surface area contributed by atoms with Gasteiger partial charge in [-0.3, -0.25) is 4.79 Å². The molecule has 4 heterocycles. The van der Waals surface area contributed by atoms with Crippen LogP contribution in [0.2, 0.25) is 0 Å². The molecule has 2 aromatic carbocycles. The largest absolute Gasteiger partial charge is 0.490 e. The van der Waals surface area contributed by atoms with E-state index >= 15 is 0 Å². The Morgan fingerprint density at radius 3 is 2.88 bits per heavy atom. The number of likely N-dealkylation sites (N-methyl/N-ethyl adjacent to an activating group) is 1. The topological polar surface area (TPSA) is 111 Å². The van der Waals surface area contributed by atoms with Crippen molar-refractivity contribution in [2.45, 2.75) is 25.9 Å². The Kier molecular flexibility index (Phi) is 6.81. The summed E-state index contributed by atoms with van der Waals surface area (Å²) in [6.45, 7) is 8.72. The molecule has 1 fully saturated rings. The zero-order chi connectivity index (χ0) is 28.7. The number of amides is 1. The second-order valence-electron chi connectivity index (χ2n) is 10.7. The number of benzene rings is 2. The van der Waals surface area contributed by atoms with Crippen molar-refractivity contribution in [3.63, 3.8) is 0 Å². The first kappa shape index (κ1) is 26.3. The van der Waals surface area contributed by atoms with Gasteiger partial charge in [0.25, 0.3) is 0 Å². The summed E-state index contributed by atoms with van der Waals surface area (Å²) in [5.41, 5.74) is 6.16. The molecule has 1 amide bonds. The summed E-state index contributed by atoms with van der Waals surface area (Å²) in [5.74, 6) is 0.900. The van der Waals surface area contributed by atoms with Crippen LogP contribution in [0.1, 0.15) is 17.5 Å². The lowest BCUT2D eigenvalue weighted by Crippen LogP contribution is -2.31. The summed E-state index contributed by atoms with van der Waals surface area (Å²) in [6, 6.07) is 12.6. The van der Waals surface area contributed by atoms with Crippen molar-refractivity contribution in [1.82, 2.24) is 19.4 Å². The third-order valence-electron chi connectivity index (χ3n) is 7.88. The molecule has 0 radical (unpaired) electrons. The molecule has 2 aliphatic rings. The van der Waals surface area contributed by atoms with E-state index in [1.54, 1.807) is 6.20 Å². The molecule has 208 valence electrons. The van der Waals surface area contributed by atoms with Crippen LogP contribution in [0.4, 0.5) is 23.0 Å². The molecule has 1 saturated heterocycles. The van der Waals surface area contributed by atoms with Crippen LogP contribution in [0.15, 0.2) is 55.4 Å². The van der Waals surface area contributed by atoms with Crippen LogP contribution in [0.3, 0.4) is 0 Å². The summed E-state index contributed by atoms with van der Waals surface area (Å²) >= 11 is 0. The Morgan fingerprint density at radius 2 is 2.12 bits per heavy atom. The summed E-state index contributed by atoms with van der Waals surface area (Å²) < 4.78 is 8.00. The van der Waals surface area contributed by atoms with Crippen LogP contribution in [0, 0.1) is 18.3 Å². The normalized spacial score (nSPS) is 16.0. The van der Waals surface area contributed by atoms with Crippen LogP contribution in [0.25, 0.3) is 22.2 Å². The first-order valence-corrected chi connectivity index (χ1v) is 13.6. The predicted molar refractivity (Wildman–Crippen MR) is 161 cm³/mol. The van der Waals surface area contributed by atoms with Crippen LogP contribution in [-0.4, -0.2) is 65.2 Å². The minimum absolute atomic E-state index is 0.279. The van der Waals surface area contributed by atoms with Gasteiger partial charge >= 0.3 is 0 Å². The number of ether oxygens (including phenoxy) is 1. The van der Waals surface area contributed by atoms with E-state index < -0.39 is 0 Å². The van der Waals surface area contributed by atoms with Crippen molar-refractivity contribution in [2.24, 2.45) is 0 Å². The molecule has 10 nitrogen and oxygen atoms in total. The second-order valence-corrected chi connectivity index (χ2v) is 10.7. The lowest BCUT2D eigenvalue weighted by Gasteiger charge is -2.25. The van der Waals surface area contributed by atoms with E-state index in [0.29, 0.717) is 35.5 Å². The first-order valence-electron chi connectivity index (χ1n) is 13.6. The molecule has 1 atom stereocenters. The maximum Gasteiger partial charge on any atom is 0.247 e. The average molecular weight is 549 g/mol. The lowest BCUT2D eigenvalue weighted by molar-refractivity contribution is -0.111. The maximum absolute atomic E-state index is 12.4. The summed E-state index contributed by atoms with van der Waals surface area (Å²) in [7, 11) is 4.19. The first-order chi connectivity index (χ1) is 19.9. The third-order valence-corrected chi connectivity index (χ3v) is 7.88. The number of hydrogen-bond acceptors (Lipinski definition) is 8. The highest BCUT2D eigenvalue weighted by Gasteiger charge is 2.27. The van der Waals surface area contributed by atoms with Crippen molar-refractivity contribution in [3.8, 4) is 23.1 Å². The molecule has 0 saturated carbocycles. The Labute approximate surface area is 238 Å². The Morgan fingerprint density at radius 1 is 1.27 bits per heavy atom. The van der Waals surface area contributed by atoms with Gasteiger partial charge in [-0.05, 0) is 57.3 Å². The van der Waals surface area contributed by atoms with Crippen molar-refractivity contribution in [1.29, 1.82) is 5.26 Å². The molecule has 0 unspecified atom stereocenters. The molecule has 10 heteroatoms. The number of nitrogens with zero attached hydrogens (tertiary/aromatic N) is 6. The summed E-state index contributed by atoms with van der Waals surface area (Å²) in [5, 5.41) is 17.2. The van der Waals surface area contributed by atoms with E-state index in [9.17, 15) is 10.1 Å². The highest BCUT2D eigenvalue weighted by Crippen LogP contribution is 2.39. The van der Waals surface area contributed by atoms with Crippen LogP contribution >= 0.6 is 0 Å². The van der Waals surface area contributed by atoms with Crippen LogP contribution in [-0.2, 0) is 11.3 Å². The van der Waals surface area contributed by atoms with Crippen molar-refractivity contribution in [3.05, 3.63) is 66.5 Å². The van der Waals surface area contributed by atoms with E-state index in [2.05, 4.69) is 62.8 Å². The Bertz CT molecular complexity index is 1720.